The molecule has 2 heteroatoms. The molecule has 0 spiro atoms. The molecule has 1 aromatic heterocycles. The SMILES string of the molecule is CCn1c2ccccc2c2cc(-c3ccc4c(c3)C(C)(C)c3cc(N(c5ccccc5)c5ccc(-c6ccccc6)cc5)ccc3-4)ccc21. The fraction of sp³-hybridized carbons (Fsp3) is 0.106. The molecule has 2 nitrogen and oxygen atoms in total. The number of hydrogen-bond donors (Lipinski definition) is 0. The third-order valence-electron chi connectivity index (χ3n) is 10.6. The van der Waals surface area contributed by atoms with Crippen molar-refractivity contribution in [2.45, 2.75) is 32.7 Å². The number of rotatable bonds is 6. The van der Waals surface area contributed by atoms with E-state index in [2.05, 4.69) is 194 Å². The summed E-state index contributed by atoms with van der Waals surface area (Å²) in [6.45, 7) is 7.94. The number of benzene rings is 7. The Morgan fingerprint density at radius 3 is 1.73 bits per heavy atom. The maximum absolute atomic E-state index is 2.44. The molecule has 0 bridgehead atoms. The average Bonchev–Trinajstić information content (AvgIpc) is 3.60. The summed E-state index contributed by atoms with van der Waals surface area (Å²) < 4.78 is 2.42. The highest BCUT2D eigenvalue weighted by molar-refractivity contribution is 6.09. The number of aryl methyl sites for hydroxylation is 1. The largest absolute Gasteiger partial charge is 0.341 e. The van der Waals surface area contributed by atoms with E-state index >= 15 is 0 Å². The lowest BCUT2D eigenvalue weighted by Crippen LogP contribution is -2.16. The van der Waals surface area contributed by atoms with Crippen molar-refractivity contribution in [2.24, 2.45) is 0 Å². The van der Waals surface area contributed by atoms with Gasteiger partial charge in [0.1, 0.15) is 0 Å². The Kier molecular flexibility index (Phi) is 6.81. The topological polar surface area (TPSA) is 8.17 Å². The zero-order chi connectivity index (χ0) is 33.1. The number of fused-ring (bicyclic) bond motifs is 6. The summed E-state index contributed by atoms with van der Waals surface area (Å²) in [4.78, 5) is 2.38. The molecule has 0 radical (unpaired) electrons. The van der Waals surface area contributed by atoms with Crippen molar-refractivity contribution in [2.75, 3.05) is 4.90 Å². The summed E-state index contributed by atoms with van der Waals surface area (Å²) in [5, 5.41) is 2.64. The van der Waals surface area contributed by atoms with Gasteiger partial charge in [-0.15, -0.1) is 0 Å². The van der Waals surface area contributed by atoms with Crippen LogP contribution < -0.4 is 4.90 Å². The lowest BCUT2D eigenvalue weighted by molar-refractivity contribution is 0.660. The zero-order valence-corrected chi connectivity index (χ0v) is 28.2. The molecule has 49 heavy (non-hydrogen) atoms. The van der Waals surface area contributed by atoms with Gasteiger partial charge in [0.15, 0.2) is 0 Å². The summed E-state index contributed by atoms with van der Waals surface area (Å²) >= 11 is 0. The Hall–Kier alpha value is -5.86. The quantitative estimate of drug-likeness (QED) is 0.177. The van der Waals surface area contributed by atoms with Crippen LogP contribution >= 0.6 is 0 Å². The van der Waals surface area contributed by atoms with E-state index in [0.717, 1.165) is 23.6 Å². The molecule has 0 fully saturated rings. The van der Waals surface area contributed by atoms with Gasteiger partial charge in [-0.25, -0.2) is 0 Å². The number of para-hydroxylation sites is 2. The molecule has 0 unspecified atom stereocenters. The van der Waals surface area contributed by atoms with Crippen molar-refractivity contribution in [1.29, 1.82) is 0 Å². The van der Waals surface area contributed by atoms with Gasteiger partial charge in [-0.05, 0) is 112 Å². The Labute approximate surface area is 288 Å². The van der Waals surface area contributed by atoms with Gasteiger partial charge in [0, 0.05) is 50.8 Å². The standard InChI is InChI=1S/C47H38N2/c1-4-48-45-18-12-11-17-41(45)42-29-34(22-28-46(42)48)35-21-26-39-40-27-25-38(31-44(40)47(2,3)43(39)30-35)49(36-15-9-6-10-16-36)37-23-19-33(20-24-37)32-13-7-5-8-14-32/h5-31H,4H2,1-3H3. The molecule has 0 aliphatic heterocycles. The number of nitrogens with zero attached hydrogens (tertiary/aromatic N) is 2. The second kappa shape index (κ2) is 11.4. The van der Waals surface area contributed by atoms with Crippen LogP contribution in [-0.2, 0) is 12.0 Å². The first-order chi connectivity index (χ1) is 24.0. The van der Waals surface area contributed by atoms with Crippen molar-refractivity contribution in [3.05, 3.63) is 175 Å². The van der Waals surface area contributed by atoms with Crippen molar-refractivity contribution in [1.82, 2.24) is 4.57 Å². The van der Waals surface area contributed by atoms with E-state index in [1.807, 2.05) is 0 Å². The van der Waals surface area contributed by atoms with Gasteiger partial charge >= 0.3 is 0 Å². The number of aromatic nitrogens is 1. The van der Waals surface area contributed by atoms with Crippen molar-refractivity contribution in [3.8, 4) is 33.4 Å². The van der Waals surface area contributed by atoms with Gasteiger partial charge in [-0.1, -0.05) is 117 Å². The number of anilines is 3. The highest BCUT2D eigenvalue weighted by Gasteiger charge is 2.36. The summed E-state index contributed by atoms with van der Waals surface area (Å²) in [7, 11) is 0. The Balaban J connectivity index is 1.11. The fourth-order valence-corrected chi connectivity index (χ4v) is 8.08. The molecule has 0 atom stereocenters. The van der Waals surface area contributed by atoms with Crippen LogP contribution in [0.5, 0.6) is 0 Å². The smallest absolute Gasteiger partial charge is 0.0491 e. The maximum Gasteiger partial charge on any atom is 0.0491 e. The number of hydrogen-bond acceptors (Lipinski definition) is 1. The predicted molar refractivity (Wildman–Crippen MR) is 208 cm³/mol. The molecule has 8 aromatic rings. The van der Waals surface area contributed by atoms with E-state index in [1.54, 1.807) is 0 Å². The van der Waals surface area contributed by atoms with E-state index in [-0.39, 0.29) is 5.41 Å². The third-order valence-corrected chi connectivity index (χ3v) is 10.6. The maximum atomic E-state index is 2.44. The molecule has 1 heterocycles. The van der Waals surface area contributed by atoms with Gasteiger partial charge in [-0.3, -0.25) is 0 Å². The van der Waals surface area contributed by atoms with Crippen LogP contribution in [0.3, 0.4) is 0 Å². The van der Waals surface area contributed by atoms with Crippen LogP contribution in [0.15, 0.2) is 164 Å². The van der Waals surface area contributed by atoms with Gasteiger partial charge in [-0.2, -0.15) is 0 Å². The minimum absolute atomic E-state index is 0.154. The average molecular weight is 631 g/mol. The lowest BCUT2D eigenvalue weighted by Gasteiger charge is -2.28. The van der Waals surface area contributed by atoms with E-state index in [9.17, 15) is 0 Å². The summed E-state index contributed by atoms with van der Waals surface area (Å²) in [6.07, 6.45) is 0. The van der Waals surface area contributed by atoms with E-state index in [4.69, 9.17) is 0 Å². The van der Waals surface area contributed by atoms with Crippen molar-refractivity contribution >= 4 is 38.9 Å². The summed E-state index contributed by atoms with van der Waals surface area (Å²) in [5.74, 6) is 0. The lowest BCUT2D eigenvalue weighted by atomic mass is 9.81. The predicted octanol–water partition coefficient (Wildman–Crippen LogP) is 12.9. The zero-order valence-electron chi connectivity index (χ0n) is 28.2. The molecule has 236 valence electrons. The minimum atomic E-state index is -0.154. The van der Waals surface area contributed by atoms with Crippen LogP contribution in [0.4, 0.5) is 17.1 Å². The molecule has 9 rings (SSSR count). The monoisotopic (exact) mass is 630 g/mol. The molecule has 0 amide bonds. The minimum Gasteiger partial charge on any atom is -0.341 e. The summed E-state index contributed by atoms with van der Waals surface area (Å²) in [6, 6.07) is 60.1. The molecular weight excluding hydrogens is 593 g/mol. The Morgan fingerprint density at radius 2 is 0.980 bits per heavy atom. The van der Waals surface area contributed by atoms with Crippen LogP contribution in [0, 0.1) is 0 Å². The molecule has 1 aliphatic carbocycles. The van der Waals surface area contributed by atoms with E-state index in [0.29, 0.717) is 0 Å². The van der Waals surface area contributed by atoms with Crippen molar-refractivity contribution in [3.63, 3.8) is 0 Å². The molecular formula is C47H38N2. The first kappa shape index (κ1) is 29.3. The molecule has 0 saturated heterocycles. The van der Waals surface area contributed by atoms with E-state index < -0.39 is 0 Å². The van der Waals surface area contributed by atoms with Crippen LogP contribution in [0.25, 0.3) is 55.2 Å². The van der Waals surface area contributed by atoms with Crippen LogP contribution in [0.2, 0.25) is 0 Å². The first-order valence-corrected chi connectivity index (χ1v) is 17.3. The Bertz CT molecular complexity index is 2490. The van der Waals surface area contributed by atoms with Gasteiger partial charge in [0.2, 0.25) is 0 Å². The summed E-state index contributed by atoms with van der Waals surface area (Å²) in [5.41, 5.74) is 16.3. The first-order valence-electron chi connectivity index (χ1n) is 17.3. The fourth-order valence-electron chi connectivity index (χ4n) is 8.08. The van der Waals surface area contributed by atoms with Crippen LogP contribution in [0.1, 0.15) is 31.9 Å². The second-order valence-corrected chi connectivity index (χ2v) is 13.7. The molecule has 7 aromatic carbocycles. The second-order valence-electron chi connectivity index (χ2n) is 13.7. The Morgan fingerprint density at radius 1 is 0.449 bits per heavy atom. The van der Waals surface area contributed by atoms with Gasteiger partial charge < -0.3 is 9.47 Å². The van der Waals surface area contributed by atoms with Crippen molar-refractivity contribution < 1.29 is 0 Å². The molecule has 1 aliphatic rings. The molecule has 0 saturated carbocycles. The third kappa shape index (κ3) is 4.70. The highest BCUT2D eigenvalue weighted by atomic mass is 15.1. The van der Waals surface area contributed by atoms with Gasteiger partial charge in [0.25, 0.3) is 0 Å². The molecule has 0 N–H and O–H groups in total. The normalized spacial score (nSPS) is 13.0. The highest BCUT2D eigenvalue weighted by Crippen LogP contribution is 2.51. The van der Waals surface area contributed by atoms with Gasteiger partial charge in [0.05, 0.1) is 0 Å². The van der Waals surface area contributed by atoms with Crippen LogP contribution in [-0.4, -0.2) is 4.57 Å². The van der Waals surface area contributed by atoms with E-state index in [1.165, 1.54) is 66.3 Å².